The zero-order chi connectivity index (χ0) is 23.2. The third kappa shape index (κ3) is 6.01. The van der Waals surface area contributed by atoms with Gasteiger partial charge in [-0.3, -0.25) is 9.59 Å². The van der Waals surface area contributed by atoms with Gasteiger partial charge in [-0.2, -0.15) is 0 Å². The second-order valence-corrected chi connectivity index (χ2v) is 9.85. The van der Waals surface area contributed by atoms with Crippen LogP contribution in [-0.4, -0.2) is 60.0 Å². The van der Waals surface area contributed by atoms with Gasteiger partial charge in [0.05, 0.1) is 6.61 Å². The summed E-state index contributed by atoms with van der Waals surface area (Å²) in [6.45, 7) is 6.29. The Morgan fingerprint density at radius 1 is 0.909 bits per heavy atom. The van der Waals surface area contributed by atoms with Crippen molar-refractivity contribution < 1.29 is 19.1 Å². The van der Waals surface area contributed by atoms with Crippen LogP contribution in [0, 0.1) is 5.92 Å². The maximum Gasteiger partial charge on any atom is 0.260 e. The van der Waals surface area contributed by atoms with Crippen molar-refractivity contribution in [3.05, 3.63) is 23.8 Å². The van der Waals surface area contributed by atoms with Gasteiger partial charge in [-0.1, -0.05) is 13.3 Å². The van der Waals surface area contributed by atoms with E-state index < -0.39 is 0 Å². The Kier molecular flexibility index (Phi) is 8.15. The van der Waals surface area contributed by atoms with E-state index >= 15 is 0 Å². The molecule has 0 bridgehead atoms. The SMILES string of the molecule is CCOc1cc(C(=O)N(C2CCC(CC)CC2)C2CC2)ccc1OCC(=O)N1CCCCC1. The Morgan fingerprint density at radius 2 is 1.58 bits per heavy atom. The monoisotopic (exact) mass is 456 g/mol. The van der Waals surface area contributed by atoms with Gasteiger partial charge in [-0.25, -0.2) is 0 Å². The summed E-state index contributed by atoms with van der Waals surface area (Å²) in [5, 5.41) is 0. The number of rotatable bonds is 9. The highest BCUT2D eigenvalue weighted by Crippen LogP contribution is 2.38. The number of piperidine rings is 1. The third-order valence-corrected chi connectivity index (χ3v) is 7.51. The van der Waals surface area contributed by atoms with E-state index in [1.165, 1.54) is 25.7 Å². The van der Waals surface area contributed by atoms with Crippen LogP contribution in [-0.2, 0) is 4.79 Å². The summed E-state index contributed by atoms with van der Waals surface area (Å²) >= 11 is 0. The molecule has 4 rings (SSSR count). The molecule has 6 nitrogen and oxygen atoms in total. The van der Waals surface area contributed by atoms with Crippen LogP contribution in [0.3, 0.4) is 0 Å². The Hall–Kier alpha value is -2.24. The Morgan fingerprint density at radius 3 is 2.18 bits per heavy atom. The maximum atomic E-state index is 13.6. The van der Waals surface area contributed by atoms with Gasteiger partial charge in [-0.05, 0) is 88.8 Å². The van der Waals surface area contributed by atoms with Gasteiger partial charge in [0.2, 0.25) is 0 Å². The lowest BCUT2D eigenvalue weighted by Crippen LogP contribution is -2.43. The topological polar surface area (TPSA) is 59.1 Å². The Bertz CT molecular complexity index is 808. The Labute approximate surface area is 198 Å². The molecule has 0 unspecified atom stereocenters. The first-order valence-corrected chi connectivity index (χ1v) is 13.1. The number of amides is 2. The molecule has 1 saturated heterocycles. The maximum absolute atomic E-state index is 13.6. The zero-order valence-electron chi connectivity index (χ0n) is 20.4. The van der Waals surface area contributed by atoms with E-state index in [0.29, 0.717) is 35.8 Å². The summed E-state index contributed by atoms with van der Waals surface area (Å²) in [4.78, 5) is 30.1. The number of hydrogen-bond donors (Lipinski definition) is 0. The number of nitrogens with zero attached hydrogens (tertiary/aromatic N) is 2. The van der Waals surface area contributed by atoms with Gasteiger partial charge in [0, 0.05) is 30.7 Å². The van der Waals surface area contributed by atoms with Crippen LogP contribution in [0.1, 0.15) is 88.4 Å². The molecule has 0 aromatic heterocycles. The average Bonchev–Trinajstić information content (AvgIpc) is 3.69. The van der Waals surface area contributed by atoms with E-state index in [-0.39, 0.29) is 18.4 Å². The molecule has 0 atom stereocenters. The van der Waals surface area contributed by atoms with Gasteiger partial charge >= 0.3 is 0 Å². The van der Waals surface area contributed by atoms with E-state index in [2.05, 4.69) is 11.8 Å². The number of carbonyl (C=O) groups excluding carboxylic acids is 2. The molecule has 1 heterocycles. The van der Waals surface area contributed by atoms with E-state index in [1.807, 2.05) is 17.9 Å². The summed E-state index contributed by atoms with van der Waals surface area (Å²) in [6.07, 6.45) is 11.4. The van der Waals surface area contributed by atoms with Crippen molar-refractivity contribution in [1.82, 2.24) is 9.80 Å². The first kappa shape index (κ1) is 23.9. The molecule has 0 radical (unpaired) electrons. The van der Waals surface area contributed by atoms with Crippen LogP contribution in [0.4, 0.5) is 0 Å². The fourth-order valence-corrected chi connectivity index (χ4v) is 5.37. The lowest BCUT2D eigenvalue weighted by atomic mass is 9.83. The first-order valence-electron chi connectivity index (χ1n) is 13.1. The highest BCUT2D eigenvalue weighted by molar-refractivity contribution is 5.95. The molecule has 0 N–H and O–H groups in total. The van der Waals surface area contributed by atoms with E-state index in [9.17, 15) is 9.59 Å². The minimum Gasteiger partial charge on any atom is -0.490 e. The summed E-state index contributed by atoms with van der Waals surface area (Å²) in [5.74, 6) is 2.00. The number of hydrogen-bond acceptors (Lipinski definition) is 4. The van der Waals surface area contributed by atoms with Crippen LogP contribution in [0.5, 0.6) is 11.5 Å². The predicted molar refractivity (Wildman–Crippen MR) is 129 cm³/mol. The second-order valence-electron chi connectivity index (χ2n) is 9.85. The van der Waals surface area contributed by atoms with Gasteiger partial charge < -0.3 is 19.3 Å². The van der Waals surface area contributed by atoms with Crippen LogP contribution in [0.25, 0.3) is 0 Å². The lowest BCUT2D eigenvalue weighted by molar-refractivity contribution is -0.134. The van der Waals surface area contributed by atoms with Gasteiger partial charge in [-0.15, -0.1) is 0 Å². The zero-order valence-corrected chi connectivity index (χ0v) is 20.4. The molecule has 33 heavy (non-hydrogen) atoms. The quantitative estimate of drug-likeness (QED) is 0.522. The van der Waals surface area contributed by atoms with Crippen LogP contribution >= 0.6 is 0 Å². The standard InChI is InChI=1S/C27H40N2O4/c1-3-20-8-11-22(12-9-20)29(23-13-14-23)27(31)21-10-15-24(25(18-21)32-4-2)33-19-26(30)28-16-6-5-7-17-28/h10,15,18,20,22-23H,3-9,11-14,16-17,19H2,1-2H3. The molecule has 3 aliphatic rings. The summed E-state index contributed by atoms with van der Waals surface area (Å²) in [5.41, 5.74) is 0.651. The Balaban J connectivity index is 1.44. The molecule has 0 spiro atoms. The molecular weight excluding hydrogens is 416 g/mol. The summed E-state index contributed by atoms with van der Waals surface area (Å²) in [6, 6.07) is 6.16. The molecule has 2 aliphatic carbocycles. The normalized spacial score (nSPS) is 23.2. The number of carbonyl (C=O) groups is 2. The highest BCUT2D eigenvalue weighted by Gasteiger charge is 2.39. The van der Waals surface area contributed by atoms with Crippen LogP contribution in [0.2, 0.25) is 0 Å². The molecule has 1 aromatic rings. The van der Waals surface area contributed by atoms with Crippen molar-refractivity contribution in [2.75, 3.05) is 26.3 Å². The van der Waals surface area contributed by atoms with E-state index in [0.717, 1.165) is 57.5 Å². The summed E-state index contributed by atoms with van der Waals surface area (Å²) in [7, 11) is 0. The minimum atomic E-state index is 0.00222. The van der Waals surface area contributed by atoms with Gasteiger partial charge in [0.15, 0.2) is 18.1 Å². The fraction of sp³-hybridized carbons (Fsp3) is 0.704. The van der Waals surface area contributed by atoms with Crippen molar-refractivity contribution in [3.8, 4) is 11.5 Å². The molecule has 1 aliphatic heterocycles. The van der Waals surface area contributed by atoms with Crippen molar-refractivity contribution >= 4 is 11.8 Å². The molecule has 1 aromatic carbocycles. The molecular formula is C27H40N2O4. The molecule has 2 amide bonds. The molecule has 3 fully saturated rings. The average molecular weight is 457 g/mol. The molecule has 6 heteroatoms. The lowest BCUT2D eigenvalue weighted by Gasteiger charge is -2.37. The number of likely N-dealkylation sites (tertiary alicyclic amines) is 1. The van der Waals surface area contributed by atoms with E-state index in [1.54, 1.807) is 12.1 Å². The van der Waals surface area contributed by atoms with Crippen molar-refractivity contribution in [2.24, 2.45) is 5.92 Å². The fourth-order valence-electron chi connectivity index (χ4n) is 5.37. The van der Waals surface area contributed by atoms with Crippen LogP contribution < -0.4 is 9.47 Å². The predicted octanol–water partition coefficient (Wildman–Crippen LogP) is 5.05. The van der Waals surface area contributed by atoms with E-state index in [4.69, 9.17) is 9.47 Å². The van der Waals surface area contributed by atoms with Crippen molar-refractivity contribution in [2.45, 2.75) is 90.1 Å². The first-order chi connectivity index (χ1) is 16.1. The number of ether oxygens (including phenoxy) is 2. The molecule has 2 saturated carbocycles. The van der Waals surface area contributed by atoms with Crippen molar-refractivity contribution in [3.63, 3.8) is 0 Å². The highest BCUT2D eigenvalue weighted by atomic mass is 16.5. The largest absolute Gasteiger partial charge is 0.490 e. The minimum absolute atomic E-state index is 0.00222. The number of benzene rings is 1. The summed E-state index contributed by atoms with van der Waals surface area (Å²) < 4.78 is 11.7. The smallest absolute Gasteiger partial charge is 0.260 e. The molecule has 182 valence electrons. The third-order valence-electron chi connectivity index (χ3n) is 7.51. The van der Waals surface area contributed by atoms with Crippen LogP contribution in [0.15, 0.2) is 18.2 Å². The van der Waals surface area contributed by atoms with Gasteiger partial charge in [0.1, 0.15) is 0 Å². The van der Waals surface area contributed by atoms with Gasteiger partial charge in [0.25, 0.3) is 11.8 Å². The van der Waals surface area contributed by atoms with Crippen molar-refractivity contribution in [1.29, 1.82) is 0 Å². The second kappa shape index (κ2) is 11.3.